The Hall–Kier alpha value is -3.48. The molecule has 0 amide bonds. The number of carboxylic acids is 1. The number of benzene rings is 1. The SMILES string of the molecule is O=C(O)CCCCCCCCCCc1ccc2n1[B-](F)(F)[N+]1=C(C=CC=Cc3ccccc3)C=CC1=C2. The number of halogens is 2. The van der Waals surface area contributed by atoms with Crippen molar-refractivity contribution in [2.45, 2.75) is 64.2 Å². The van der Waals surface area contributed by atoms with Gasteiger partial charge in [0.15, 0.2) is 11.4 Å². The van der Waals surface area contributed by atoms with Crippen molar-refractivity contribution in [3.8, 4) is 0 Å². The maximum atomic E-state index is 15.9. The summed E-state index contributed by atoms with van der Waals surface area (Å²) in [6.45, 7) is -3.98. The fourth-order valence-electron chi connectivity index (χ4n) is 5.10. The maximum absolute atomic E-state index is 15.9. The number of allylic oxidation sites excluding steroid dienone is 5. The lowest BCUT2D eigenvalue weighted by Crippen LogP contribution is -2.50. The van der Waals surface area contributed by atoms with E-state index in [0.29, 0.717) is 29.2 Å². The van der Waals surface area contributed by atoms with Crippen molar-refractivity contribution in [2.75, 3.05) is 0 Å². The van der Waals surface area contributed by atoms with Crippen LogP contribution in [0.25, 0.3) is 12.2 Å². The summed E-state index contributed by atoms with van der Waals surface area (Å²) in [5, 5.41) is 8.67. The molecule has 0 aliphatic carbocycles. The number of hydrogen-bond acceptors (Lipinski definition) is 1. The first kappa shape index (κ1) is 26.6. The van der Waals surface area contributed by atoms with E-state index >= 15 is 8.63 Å². The average Bonchev–Trinajstić information content (AvgIpc) is 3.49. The van der Waals surface area contributed by atoms with Gasteiger partial charge in [-0.25, -0.2) is 0 Å². The highest BCUT2D eigenvalue weighted by molar-refractivity contribution is 6.58. The summed E-state index contributed by atoms with van der Waals surface area (Å²) in [4.78, 5) is 10.5. The lowest BCUT2D eigenvalue weighted by atomic mass is 9.90. The van der Waals surface area contributed by atoms with Crippen LogP contribution >= 0.6 is 0 Å². The quantitative estimate of drug-likeness (QED) is 0.165. The first-order valence-corrected chi connectivity index (χ1v) is 13.4. The van der Waals surface area contributed by atoms with Gasteiger partial charge in [0.25, 0.3) is 0 Å². The molecule has 0 saturated heterocycles. The van der Waals surface area contributed by atoms with Gasteiger partial charge in [0, 0.05) is 36.4 Å². The molecule has 2 aliphatic heterocycles. The minimum Gasteiger partial charge on any atom is -0.481 e. The Labute approximate surface area is 218 Å². The summed E-state index contributed by atoms with van der Waals surface area (Å²) >= 11 is 0. The number of hydrogen-bond donors (Lipinski definition) is 1. The van der Waals surface area contributed by atoms with Gasteiger partial charge in [-0.15, -0.1) is 0 Å². The second-order valence-corrected chi connectivity index (χ2v) is 9.76. The number of carboxylic acid groups (broad SMARTS) is 1. The Bertz CT molecular complexity index is 1240. The van der Waals surface area contributed by atoms with Crippen LogP contribution in [0.4, 0.5) is 8.63 Å². The number of aliphatic carboxylic acids is 1. The standard InChI is InChI=1S/C30H35BF2N2O2/c32-31(33)34-26(17-10-5-3-1-2-4-6-11-19-30(36)37)20-22-28(34)24-29-23-21-27(35(29)31)18-13-12-16-25-14-8-7-9-15-25/h7-9,12-16,18,20-24H,1-6,10-11,17,19H2,(H,36,37). The average molecular weight is 504 g/mol. The van der Waals surface area contributed by atoms with Crippen LogP contribution in [0.2, 0.25) is 0 Å². The van der Waals surface area contributed by atoms with Crippen LogP contribution in [-0.2, 0) is 11.2 Å². The largest absolute Gasteiger partial charge is 0.737 e. The summed E-state index contributed by atoms with van der Waals surface area (Å²) in [5.74, 6) is -0.728. The molecule has 1 N–H and O–H groups in total. The summed E-state index contributed by atoms with van der Waals surface area (Å²) in [5.41, 5.74) is 3.32. The molecule has 0 saturated carbocycles. The van der Waals surface area contributed by atoms with E-state index in [1.165, 1.54) is 8.96 Å². The Balaban J connectivity index is 1.32. The lowest BCUT2D eigenvalue weighted by molar-refractivity contribution is -0.360. The molecule has 2 aliphatic rings. The van der Waals surface area contributed by atoms with Crippen molar-refractivity contribution in [3.05, 3.63) is 95.5 Å². The zero-order valence-corrected chi connectivity index (χ0v) is 21.2. The second kappa shape index (κ2) is 12.7. The zero-order chi connectivity index (χ0) is 26.1. The molecular formula is C30H35BF2N2O2. The van der Waals surface area contributed by atoms with Crippen molar-refractivity contribution < 1.29 is 23.0 Å². The van der Waals surface area contributed by atoms with Crippen molar-refractivity contribution in [2.24, 2.45) is 0 Å². The van der Waals surface area contributed by atoms with Crippen molar-refractivity contribution in [1.29, 1.82) is 0 Å². The van der Waals surface area contributed by atoms with E-state index in [9.17, 15) is 4.79 Å². The van der Waals surface area contributed by atoms with Gasteiger partial charge >= 0.3 is 12.9 Å². The number of carbonyl (C=O) groups is 1. The second-order valence-electron chi connectivity index (χ2n) is 9.76. The first-order chi connectivity index (χ1) is 18.0. The fourth-order valence-corrected chi connectivity index (χ4v) is 5.10. The molecule has 0 fully saturated rings. The molecule has 0 unspecified atom stereocenters. The van der Waals surface area contributed by atoms with Crippen LogP contribution in [-0.4, -0.2) is 32.7 Å². The van der Waals surface area contributed by atoms with Crippen LogP contribution < -0.4 is 0 Å². The summed E-state index contributed by atoms with van der Waals surface area (Å²) in [7, 11) is 0. The molecular weight excluding hydrogens is 469 g/mol. The van der Waals surface area contributed by atoms with Crippen LogP contribution in [0.15, 0.2) is 78.5 Å². The maximum Gasteiger partial charge on any atom is 0.737 e. The summed E-state index contributed by atoms with van der Waals surface area (Å²) in [6, 6.07) is 13.5. The third kappa shape index (κ3) is 6.85. The number of fused-ring (bicyclic) bond motifs is 2. The van der Waals surface area contributed by atoms with Crippen molar-refractivity contribution in [1.82, 2.24) is 4.48 Å². The van der Waals surface area contributed by atoms with E-state index in [2.05, 4.69) is 0 Å². The predicted octanol–water partition coefficient (Wildman–Crippen LogP) is 7.50. The minimum atomic E-state index is -3.98. The number of aryl methyl sites for hydroxylation is 1. The van der Waals surface area contributed by atoms with Gasteiger partial charge in [0.1, 0.15) is 0 Å². The predicted molar refractivity (Wildman–Crippen MR) is 148 cm³/mol. The normalized spacial score (nSPS) is 16.0. The van der Waals surface area contributed by atoms with Crippen LogP contribution in [0.1, 0.15) is 74.7 Å². The van der Waals surface area contributed by atoms with E-state index < -0.39 is 12.9 Å². The van der Waals surface area contributed by atoms with E-state index in [0.717, 1.165) is 56.9 Å². The van der Waals surface area contributed by atoms with Gasteiger partial charge in [0.05, 0.1) is 0 Å². The van der Waals surface area contributed by atoms with Crippen LogP contribution in [0.5, 0.6) is 0 Å². The molecule has 4 nitrogen and oxygen atoms in total. The van der Waals surface area contributed by atoms with E-state index in [1.807, 2.05) is 54.6 Å². The molecule has 1 aromatic carbocycles. The highest BCUT2D eigenvalue weighted by atomic mass is 19.2. The molecule has 1 aromatic heterocycles. The number of nitrogens with zero attached hydrogens (tertiary/aromatic N) is 2. The first-order valence-electron chi connectivity index (χ1n) is 13.4. The van der Waals surface area contributed by atoms with Gasteiger partial charge in [0.2, 0.25) is 0 Å². The van der Waals surface area contributed by atoms with E-state index in [-0.39, 0.29) is 6.42 Å². The number of rotatable bonds is 14. The topological polar surface area (TPSA) is 45.2 Å². The molecule has 0 bridgehead atoms. The molecule has 37 heavy (non-hydrogen) atoms. The molecule has 0 radical (unpaired) electrons. The third-order valence-electron chi connectivity index (χ3n) is 6.97. The lowest BCUT2D eigenvalue weighted by Gasteiger charge is -2.30. The zero-order valence-electron chi connectivity index (χ0n) is 21.2. The number of unbranched alkanes of at least 4 members (excludes halogenated alkanes) is 7. The third-order valence-corrected chi connectivity index (χ3v) is 6.97. The molecule has 0 atom stereocenters. The van der Waals surface area contributed by atoms with Gasteiger partial charge in [-0.1, -0.05) is 87.1 Å². The number of aromatic nitrogens is 1. The molecule has 3 heterocycles. The molecule has 7 heteroatoms. The van der Waals surface area contributed by atoms with Gasteiger partial charge in [-0.3, -0.25) is 4.79 Å². The molecule has 194 valence electrons. The van der Waals surface area contributed by atoms with Gasteiger partial charge in [-0.2, -0.15) is 0 Å². The van der Waals surface area contributed by atoms with Crippen molar-refractivity contribution in [3.63, 3.8) is 0 Å². The van der Waals surface area contributed by atoms with Gasteiger partial charge < -0.3 is 22.7 Å². The Morgan fingerprint density at radius 1 is 0.865 bits per heavy atom. The van der Waals surface area contributed by atoms with Crippen molar-refractivity contribution >= 4 is 30.8 Å². The molecule has 0 spiro atoms. The minimum absolute atomic E-state index is 0.249. The Kier molecular flexibility index (Phi) is 9.10. The van der Waals surface area contributed by atoms with Gasteiger partial charge in [-0.05, 0) is 42.7 Å². The summed E-state index contributed by atoms with van der Waals surface area (Å²) in [6.07, 6.45) is 21.5. The Morgan fingerprint density at radius 2 is 1.54 bits per heavy atom. The monoisotopic (exact) mass is 504 g/mol. The molecule has 4 rings (SSSR count). The highest BCUT2D eigenvalue weighted by Crippen LogP contribution is 2.33. The smallest absolute Gasteiger partial charge is 0.481 e. The van der Waals surface area contributed by atoms with Crippen LogP contribution in [0.3, 0.4) is 0 Å². The molecule has 2 aromatic rings. The Morgan fingerprint density at radius 3 is 2.27 bits per heavy atom. The fraction of sp³-hybridized carbons (Fsp3) is 0.333. The van der Waals surface area contributed by atoms with Crippen LogP contribution in [0, 0.1) is 0 Å². The summed E-state index contributed by atoms with van der Waals surface area (Å²) < 4.78 is 34.1. The van der Waals surface area contributed by atoms with E-state index in [1.54, 1.807) is 30.4 Å². The highest BCUT2D eigenvalue weighted by Gasteiger charge is 2.51. The van der Waals surface area contributed by atoms with E-state index in [4.69, 9.17) is 5.11 Å².